The van der Waals surface area contributed by atoms with Crippen molar-refractivity contribution in [1.29, 1.82) is 0 Å². The second-order valence-electron chi connectivity index (χ2n) is 4.95. The average molecular weight is 296 g/mol. The minimum absolute atomic E-state index is 0.0869. The van der Waals surface area contributed by atoms with Crippen LogP contribution in [0.15, 0.2) is 18.2 Å². The first-order chi connectivity index (χ1) is 9.44. The molecule has 0 amide bonds. The second-order valence-corrected chi connectivity index (χ2v) is 5.29. The summed E-state index contributed by atoms with van der Waals surface area (Å²) < 4.78 is 26.4. The van der Waals surface area contributed by atoms with E-state index in [-0.39, 0.29) is 24.5 Å². The van der Waals surface area contributed by atoms with Gasteiger partial charge in [-0.2, -0.15) is 4.98 Å². The molecule has 0 aromatic carbocycles. The predicted octanol–water partition coefficient (Wildman–Crippen LogP) is 4.19. The maximum absolute atomic E-state index is 13.2. The normalized spacial score (nSPS) is 18.1. The van der Waals surface area contributed by atoms with E-state index in [1.807, 2.05) is 19.1 Å². The molecule has 0 atom stereocenters. The van der Waals surface area contributed by atoms with Gasteiger partial charge in [-0.1, -0.05) is 6.08 Å². The quantitative estimate of drug-likeness (QED) is 0.741. The summed E-state index contributed by atoms with van der Waals surface area (Å²) in [5.74, 6) is -2.62. The van der Waals surface area contributed by atoms with Gasteiger partial charge in [0, 0.05) is 23.9 Å². The van der Waals surface area contributed by atoms with E-state index >= 15 is 0 Å². The number of allylic oxidation sites excluding steroid dienone is 2. The number of fused-ring (bicyclic) bond motifs is 1. The van der Waals surface area contributed by atoms with Crippen molar-refractivity contribution < 1.29 is 8.78 Å². The summed E-state index contributed by atoms with van der Waals surface area (Å²) >= 11 is 5.91. The van der Waals surface area contributed by atoms with Gasteiger partial charge in [0.2, 0.25) is 5.28 Å². The standard InChI is InChI=1S/C14H12ClF2N3/c1-8-2-3-10-11(19-13(15)20-12(10)18-8)9-4-6-14(16,17)7-5-9/h2-4H,5-7H2,1H3. The Morgan fingerprint density at radius 2 is 2.00 bits per heavy atom. The van der Waals surface area contributed by atoms with Gasteiger partial charge >= 0.3 is 0 Å². The number of pyridine rings is 1. The van der Waals surface area contributed by atoms with Crippen molar-refractivity contribution in [1.82, 2.24) is 15.0 Å². The lowest BCUT2D eigenvalue weighted by Gasteiger charge is -2.21. The van der Waals surface area contributed by atoms with Crippen LogP contribution in [-0.2, 0) is 0 Å². The van der Waals surface area contributed by atoms with Crippen LogP contribution >= 0.6 is 11.6 Å². The SMILES string of the molecule is Cc1ccc2c(C3=CCC(F)(F)CC3)nc(Cl)nc2n1. The molecule has 0 radical (unpaired) electrons. The molecule has 0 spiro atoms. The summed E-state index contributed by atoms with van der Waals surface area (Å²) in [7, 11) is 0. The molecule has 0 saturated heterocycles. The minimum atomic E-state index is -2.62. The second kappa shape index (κ2) is 4.74. The Bertz CT molecular complexity index is 708. The van der Waals surface area contributed by atoms with E-state index in [9.17, 15) is 8.78 Å². The van der Waals surface area contributed by atoms with Gasteiger partial charge in [-0.25, -0.2) is 18.7 Å². The van der Waals surface area contributed by atoms with Crippen molar-refractivity contribution in [2.45, 2.75) is 32.1 Å². The van der Waals surface area contributed by atoms with E-state index in [1.54, 1.807) is 6.08 Å². The molecule has 0 bridgehead atoms. The van der Waals surface area contributed by atoms with E-state index < -0.39 is 5.92 Å². The molecule has 1 aliphatic rings. The van der Waals surface area contributed by atoms with Gasteiger partial charge in [-0.05, 0) is 42.7 Å². The Morgan fingerprint density at radius 1 is 1.20 bits per heavy atom. The molecule has 104 valence electrons. The molecule has 3 nitrogen and oxygen atoms in total. The van der Waals surface area contributed by atoms with Crippen molar-refractivity contribution in [3.8, 4) is 0 Å². The first-order valence-corrected chi connectivity index (χ1v) is 6.70. The van der Waals surface area contributed by atoms with Crippen LogP contribution in [0.25, 0.3) is 16.6 Å². The van der Waals surface area contributed by atoms with E-state index in [2.05, 4.69) is 15.0 Å². The van der Waals surface area contributed by atoms with Crippen LogP contribution in [0.3, 0.4) is 0 Å². The number of hydrogen-bond donors (Lipinski definition) is 0. The number of hydrogen-bond acceptors (Lipinski definition) is 3. The summed E-state index contributed by atoms with van der Waals surface area (Å²) in [5.41, 5.74) is 2.72. The largest absolute Gasteiger partial charge is 0.251 e. The maximum Gasteiger partial charge on any atom is 0.251 e. The van der Waals surface area contributed by atoms with Crippen LogP contribution in [0.1, 0.15) is 30.7 Å². The van der Waals surface area contributed by atoms with Crippen LogP contribution in [0.2, 0.25) is 5.28 Å². The fourth-order valence-corrected chi connectivity index (χ4v) is 2.50. The molecule has 2 aromatic rings. The Hall–Kier alpha value is -1.62. The molecule has 0 saturated carbocycles. The molecule has 0 unspecified atom stereocenters. The van der Waals surface area contributed by atoms with E-state index in [4.69, 9.17) is 11.6 Å². The molecule has 6 heteroatoms. The van der Waals surface area contributed by atoms with E-state index in [0.29, 0.717) is 11.3 Å². The van der Waals surface area contributed by atoms with Gasteiger partial charge in [0.15, 0.2) is 5.65 Å². The number of alkyl halides is 2. The third-order valence-electron chi connectivity index (χ3n) is 3.38. The monoisotopic (exact) mass is 295 g/mol. The molecule has 0 fully saturated rings. The summed E-state index contributed by atoms with van der Waals surface area (Å²) in [4.78, 5) is 12.6. The molecule has 0 N–H and O–H groups in total. The van der Waals surface area contributed by atoms with Crippen LogP contribution in [-0.4, -0.2) is 20.9 Å². The Balaban J connectivity index is 2.14. The van der Waals surface area contributed by atoms with Crippen molar-refractivity contribution in [2.75, 3.05) is 0 Å². The predicted molar refractivity (Wildman–Crippen MR) is 73.9 cm³/mol. The van der Waals surface area contributed by atoms with Crippen LogP contribution in [0, 0.1) is 6.92 Å². The van der Waals surface area contributed by atoms with Crippen LogP contribution in [0.4, 0.5) is 8.78 Å². The molecule has 20 heavy (non-hydrogen) atoms. The summed E-state index contributed by atoms with van der Waals surface area (Å²) in [5, 5.41) is 0.834. The Labute approximate surface area is 119 Å². The van der Waals surface area contributed by atoms with Gasteiger partial charge in [-0.3, -0.25) is 0 Å². The first-order valence-electron chi connectivity index (χ1n) is 6.33. The molecule has 0 aliphatic heterocycles. The third-order valence-corrected chi connectivity index (χ3v) is 3.55. The highest BCUT2D eigenvalue weighted by Crippen LogP contribution is 2.37. The third kappa shape index (κ3) is 2.50. The number of halogens is 3. The zero-order chi connectivity index (χ0) is 14.3. The fraction of sp³-hybridized carbons (Fsp3) is 0.357. The van der Waals surface area contributed by atoms with Crippen molar-refractivity contribution in [3.63, 3.8) is 0 Å². The highest BCUT2D eigenvalue weighted by Gasteiger charge is 2.31. The van der Waals surface area contributed by atoms with Gasteiger partial charge in [0.1, 0.15) is 0 Å². The topological polar surface area (TPSA) is 38.7 Å². The molecule has 2 heterocycles. The molecule has 2 aromatic heterocycles. The van der Waals surface area contributed by atoms with Gasteiger partial charge in [0.25, 0.3) is 5.92 Å². The van der Waals surface area contributed by atoms with E-state index in [0.717, 1.165) is 16.7 Å². The highest BCUT2D eigenvalue weighted by atomic mass is 35.5. The lowest BCUT2D eigenvalue weighted by molar-refractivity contribution is -0.00604. The minimum Gasteiger partial charge on any atom is -0.233 e. The zero-order valence-corrected chi connectivity index (χ0v) is 11.6. The highest BCUT2D eigenvalue weighted by molar-refractivity contribution is 6.28. The fourth-order valence-electron chi connectivity index (χ4n) is 2.33. The smallest absolute Gasteiger partial charge is 0.233 e. The van der Waals surface area contributed by atoms with E-state index in [1.165, 1.54) is 0 Å². The Morgan fingerprint density at radius 3 is 2.70 bits per heavy atom. The van der Waals surface area contributed by atoms with Crippen molar-refractivity contribution in [2.24, 2.45) is 0 Å². The molecule has 1 aliphatic carbocycles. The Kier molecular flexibility index (Phi) is 3.17. The number of aromatic nitrogens is 3. The summed E-state index contributed by atoms with van der Waals surface area (Å²) in [6.45, 7) is 1.86. The lowest BCUT2D eigenvalue weighted by Crippen LogP contribution is -2.18. The average Bonchev–Trinajstić information content (AvgIpc) is 2.37. The van der Waals surface area contributed by atoms with Crippen LogP contribution < -0.4 is 0 Å². The van der Waals surface area contributed by atoms with Crippen molar-refractivity contribution >= 4 is 28.2 Å². The van der Waals surface area contributed by atoms with Crippen LogP contribution in [0.5, 0.6) is 0 Å². The van der Waals surface area contributed by atoms with Gasteiger partial charge in [0.05, 0.1) is 5.69 Å². The van der Waals surface area contributed by atoms with Gasteiger partial charge < -0.3 is 0 Å². The zero-order valence-electron chi connectivity index (χ0n) is 10.8. The number of aryl methyl sites for hydroxylation is 1. The summed E-state index contributed by atoms with van der Waals surface area (Å²) in [6, 6.07) is 3.71. The summed E-state index contributed by atoms with van der Waals surface area (Å²) in [6.07, 6.45) is 1.40. The van der Waals surface area contributed by atoms with Crippen molar-refractivity contribution in [3.05, 3.63) is 34.9 Å². The molecular formula is C14H12ClF2N3. The number of nitrogens with zero attached hydrogens (tertiary/aromatic N) is 3. The number of rotatable bonds is 1. The maximum atomic E-state index is 13.2. The molecule has 3 rings (SSSR count). The van der Waals surface area contributed by atoms with Gasteiger partial charge in [-0.15, -0.1) is 0 Å². The first kappa shape index (κ1) is 13.4. The lowest BCUT2D eigenvalue weighted by atomic mass is 9.93. The molecular weight excluding hydrogens is 284 g/mol.